The number of aliphatic hydroxyl groups is 1. The van der Waals surface area contributed by atoms with Crippen LogP contribution in [0.25, 0.3) is 11.3 Å². The van der Waals surface area contributed by atoms with Crippen LogP contribution in [0.15, 0.2) is 30.9 Å². The molecule has 5 rings (SSSR count). The van der Waals surface area contributed by atoms with Crippen LogP contribution in [0.2, 0.25) is 5.02 Å². The molecule has 0 aliphatic carbocycles. The third-order valence-corrected chi connectivity index (χ3v) is 7.74. The van der Waals surface area contributed by atoms with E-state index in [9.17, 15) is 19.4 Å². The number of amides is 1. The highest BCUT2D eigenvalue weighted by atomic mass is 35.5. The standard InChI is InChI=1S/C26H30ClFN4O4/c1-4-20(35)31-9-8-30-13-17-24(36-14-15(30)11-31)22(27)23(21-18(28)6-5-7-19(21)34)29-25(17)32-12-16(33)10-26(32,2)3/h4-7,15-16,33-34H,1,8-14H2,2-3H3/t15-,16?/m1/s1. The molecule has 2 aromatic rings. The summed E-state index contributed by atoms with van der Waals surface area (Å²) in [5, 5.41) is 21.1. The van der Waals surface area contributed by atoms with E-state index in [2.05, 4.69) is 11.5 Å². The quantitative estimate of drug-likeness (QED) is 0.606. The lowest BCUT2D eigenvalue weighted by Crippen LogP contribution is -2.55. The lowest BCUT2D eigenvalue weighted by molar-refractivity contribution is -0.129. The molecule has 4 heterocycles. The molecular formula is C26H30ClFN4O4. The summed E-state index contributed by atoms with van der Waals surface area (Å²) in [4.78, 5) is 23.0. The van der Waals surface area contributed by atoms with E-state index in [0.717, 1.165) is 5.56 Å². The highest BCUT2D eigenvalue weighted by Crippen LogP contribution is 2.48. The van der Waals surface area contributed by atoms with E-state index < -0.39 is 17.5 Å². The minimum atomic E-state index is -0.652. The molecule has 2 atom stereocenters. The number of hydrogen-bond acceptors (Lipinski definition) is 7. The molecule has 0 spiro atoms. The van der Waals surface area contributed by atoms with Gasteiger partial charge in [-0.15, -0.1) is 0 Å². The molecule has 8 nitrogen and oxygen atoms in total. The van der Waals surface area contributed by atoms with Crippen molar-refractivity contribution in [1.82, 2.24) is 14.8 Å². The number of carbonyl (C=O) groups excluding carboxylic acids is 1. The van der Waals surface area contributed by atoms with Crippen LogP contribution in [0.3, 0.4) is 0 Å². The number of carbonyl (C=O) groups is 1. The summed E-state index contributed by atoms with van der Waals surface area (Å²) in [5.74, 6) is -0.130. The average molecular weight is 517 g/mol. The van der Waals surface area contributed by atoms with E-state index in [1.54, 1.807) is 4.90 Å². The number of aromatic nitrogens is 1. The van der Waals surface area contributed by atoms with Crippen molar-refractivity contribution in [2.24, 2.45) is 0 Å². The van der Waals surface area contributed by atoms with Crippen LogP contribution in [0, 0.1) is 5.82 Å². The number of hydrogen-bond donors (Lipinski definition) is 2. The van der Waals surface area contributed by atoms with E-state index in [-0.39, 0.29) is 40.6 Å². The molecule has 10 heteroatoms. The molecule has 1 aromatic heterocycles. The molecule has 192 valence electrons. The Hall–Kier alpha value is -2.88. The van der Waals surface area contributed by atoms with Gasteiger partial charge in [-0.25, -0.2) is 9.37 Å². The maximum Gasteiger partial charge on any atom is 0.246 e. The monoisotopic (exact) mass is 516 g/mol. The maximum atomic E-state index is 14.9. The van der Waals surface area contributed by atoms with Crippen LogP contribution in [0.5, 0.6) is 11.5 Å². The lowest BCUT2D eigenvalue weighted by atomic mass is 10.00. The summed E-state index contributed by atoms with van der Waals surface area (Å²) in [6.07, 6.45) is 1.30. The molecule has 1 aromatic carbocycles. The molecule has 2 fully saturated rings. The number of ether oxygens (including phenoxy) is 1. The number of anilines is 1. The second kappa shape index (κ2) is 9.21. The molecule has 2 saturated heterocycles. The Morgan fingerprint density at radius 2 is 2.11 bits per heavy atom. The molecule has 0 bridgehead atoms. The summed E-state index contributed by atoms with van der Waals surface area (Å²) >= 11 is 6.83. The SMILES string of the molecule is C=CC(=O)N1CCN2Cc3c(N4CC(O)CC4(C)C)nc(-c4c(O)cccc4F)c(Cl)c3OC[C@H]2C1. The fourth-order valence-electron chi connectivity index (χ4n) is 5.55. The van der Waals surface area contributed by atoms with Gasteiger partial charge in [0, 0.05) is 38.3 Å². The fraction of sp³-hybridized carbons (Fsp3) is 0.462. The Morgan fingerprint density at radius 1 is 1.33 bits per heavy atom. The number of halogens is 2. The zero-order valence-corrected chi connectivity index (χ0v) is 21.1. The van der Waals surface area contributed by atoms with Crippen molar-refractivity contribution in [1.29, 1.82) is 0 Å². The van der Waals surface area contributed by atoms with Crippen LogP contribution in [0.1, 0.15) is 25.8 Å². The number of phenols is 1. The largest absolute Gasteiger partial charge is 0.507 e. The van der Waals surface area contributed by atoms with Crippen LogP contribution < -0.4 is 9.64 Å². The van der Waals surface area contributed by atoms with Gasteiger partial charge in [-0.2, -0.15) is 0 Å². The average Bonchev–Trinajstić information content (AvgIpc) is 2.99. The minimum Gasteiger partial charge on any atom is -0.507 e. The molecule has 0 saturated carbocycles. The predicted octanol–water partition coefficient (Wildman–Crippen LogP) is 3.19. The van der Waals surface area contributed by atoms with Gasteiger partial charge < -0.3 is 24.7 Å². The van der Waals surface area contributed by atoms with Crippen LogP contribution in [0.4, 0.5) is 10.2 Å². The number of phenolic OH excluding ortho intramolecular Hbond substituents is 1. The topological polar surface area (TPSA) is 89.4 Å². The van der Waals surface area contributed by atoms with Crippen LogP contribution >= 0.6 is 11.6 Å². The third-order valence-electron chi connectivity index (χ3n) is 7.38. The van der Waals surface area contributed by atoms with Gasteiger partial charge >= 0.3 is 0 Å². The van der Waals surface area contributed by atoms with E-state index >= 15 is 0 Å². The highest BCUT2D eigenvalue weighted by molar-refractivity contribution is 6.35. The minimum absolute atomic E-state index is 0.0820. The van der Waals surface area contributed by atoms with Crippen molar-refractivity contribution in [2.75, 3.05) is 37.7 Å². The fourth-order valence-corrected chi connectivity index (χ4v) is 5.85. The first kappa shape index (κ1) is 24.8. The van der Waals surface area contributed by atoms with Gasteiger partial charge in [0.1, 0.15) is 40.5 Å². The van der Waals surface area contributed by atoms with Gasteiger partial charge in [-0.3, -0.25) is 9.69 Å². The lowest BCUT2D eigenvalue weighted by Gasteiger charge is -2.40. The van der Waals surface area contributed by atoms with Crippen molar-refractivity contribution in [3.8, 4) is 22.8 Å². The first-order valence-corrected chi connectivity index (χ1v) is 12.4. The van der Waals surface area contributed by atoms with E-state index in [1.807, 2.05) is 18.7 Å². The molecule has 0 radical (unpaired) electrons. The number of fused-ring (bicyclic) bond motifs is 2. The number of β-amino-alcohol motifs (C(OH)–C–C–N with tert-alkyl or cyclic N) is 1. The first-order chi connectivity index (χ1) is 17.1. The molecule has 3 aliphatic rings. The number of benzene rings is 1. The number of nitrogens with zero attached hydrogens (tertiary/aromatic N) is 4. The Morgan fingerprint density at radius 3 is 2.78 bits per heavy atom. The van der Waals surface area contributed by atoms with Gasteiger partial charge in [0.2, 0.25) is 5.91 Å². The Kier molecular flexibility index (Phi) is 6.34. The number of piperazine rings is 1. The van der Waals surface area contributed by atoms with Gasteiger partial charge in [0.25, 0.3) is 0 Å². The summed E-state index contributed by atoms with van der Waals surface area (Å²) in [7, 11) is 0. The normalized spacial score (nSPS) is 23.5. The van der Waals surface area contributed by atoms with Gasteiger partial charge in [-0.1, -0.05) is 24.2 Å². The van der Waals surface area contributed by atoms with Crippen LogP contribution in [-0.4, -0.2) is 81.4 Å². The second-order valence-corrected chi connectivity index (χ2v) is 10.6. The zero-order chi connectivity index (χ0) is 25.8. The van der Waals surface area contributed by atoms with Crippen molar-refractivity contribution in [3.63, 3.8) is 0 Å². The first-order valence-electron chi connectivity index (χ1n) is 12.0. The summed E-state index contributed by atoms with van der Waals surface area (Å²) in [6, 6.07) is 3.96. The Balaban J connectivity index is 1.65. The predicted molar refractivity (Wildman–Crippen MR) is 135 cm³/mol. The van der Waals surface area contributed by atoms with Gasteiger partial charge in [-0.05, 0) is 38.5 Å². The molecule has 1 amide bonds. The Bertz CT molecular complexity index is 1200. The van der Waals surface area contributed by atoms with E-state index in [0.29, 0.717) is 50.7 Å². The smallest absolute Gasteiger partial charge is 0.246 e. The second-order valence-electron chi connectivity index (χ2n) is 10.2. The number of pyridine rings is 1. The number of aliphatic hydroxyl groups excluding tert-OH is 1. The van der Waals surface area contributed by atoms with E-state index in [1.165, 1.54) is 24.3 Å². The van der Waals surface area contributed by atoms with Gasteiger partial charge in [0.05, 0.1) is 23.3 Å². The number of aromatic hydroxyl groups is 1. The van der Waals surface area contributed by atoms with Crippen molar-refractivity contribution in [3.05, 3.63) is 47.3 Å². The molecule has 2 N–H and O–H groups in total. The summed E-state index contributed by atoms with van der Waals surface area (Å²) in [5.41, 5.74) is 0.301. The maximum absolute atomic E-state index is 14.9. The highest BCUT2D eigenvalue weighted by Gasteiger charge is 2.42. The Labute approximate surface area is 214 Å². The van der Waals surface area contributed by atoms with Crippen molar-refractivity contribution in [2.45, 2.75) is 44.5 Å². The summed E-state index contributed by atoms with van der Waals surface area (Å²) in [6.45, 7) is 10.4. The number of rotatable bonds is 3. The molecule has 3 aliphatic heterocycles. The summed E-state index contributed by atoms with van der Waals surface area (Å²) < 4.78 is 21.2. The zero-order valence-electron chi connectivity index (χ0n) is 20.4. The van der Waals surface area contributed by atoms with Gasteiger partial charge in [0.15, 0.2) is 0 Å². The molecular weight excluding hydrogens is 487 g/mol. The molecule has 1 unspecified atom stereocenters. The van der Waals surface area contributed by atoms with Crippen molar-refractivity contribution < 1.29 is 24.1 Å². The third kappa shape index (κ3) is 4.19. The van der Waals surface area contributed by atoms with E-state index in [4.69, 9.17) is 21.3 Å². The molecule has 36 heavy (non-hydrogen) atoms. The van der Waals surface area contributed by atoms with Crippen molar-refractivity contribution >= 4 is 23.3 Å². The van der Waals surface area contributed by atoms with Crippen LogP contribution in [-0.2, 0) is 11.3 Å².